The number of nitrogens with zero attached hydrogens (tertiary/aromatic N) is 4. The minimum Gasteiger partial charge on any atom is -0.353 e. The van der Waals surface area contributed by atoms with Gasteiger partial charge < -0.3 is 9.80 Å². The number of hydrogen-bond acceptors (Lipinski definition) is 5. The lowest BCUT2D eigenvalue weighted by Crippen LogP contribution is -2.46. The first-order chi connectivity index (χ1) is 12.2. The fourth-order valence-electron chi connectivity index (χ4n) is 3.40. The Labute approximate surface area is 150 Å². The van der Waals surface area contributed by atoms with Crippen molar-refractivity contribution in [2.75, 3.05) is 37.6 Å². The van der Waals surface area contributed by atoms with Gasteiger partial charge in [0.05, 0.1) is 5.39 Å². The van der Waals surface area contributed by atoms with E-state index in [9.17, 15) is 4.39 Å². The van der Waals surface area contributed by atoms with Gasteiger partial charge in [0.2, 0.25) is 0 Å². The fourth-order valence-corrected chi connectivity index (χ4v) is 4.31. The van der Waals surface area contributed by atoms with E-state index in [1.165, 1.54) is 6.07 Å². The number of fused-ring (bicyclic) bond motifs is 1. The number of aromatic nitrogens is 2. The monoisotopic (exact) mass is 356 g/mol. The summed E-state index contributed by atoms with van der Waals surface area (Å²) in [6.45, 7) is 9.14. The van der Waals surface area contributed by atoms with Gasteiger partial charge in [-0.1, -0.05) is 13.0 Å². The Kier molecular flexibility index (Phi) is 4.39. The van der Waals surface area contributed by atoms with E-state index < -0.39 is 0 Å². The largest absolute Gasteiger partial charge is 0.353 e. The summed E-state index contributed by atoms with van der Waals surface area (Å²) in [5.74, 6) is 0.828. The van der Waals surface area contributed by atoms with Gasteiger partial charge in [-0.25, -0.2) is 14.4 Å². The van der Waals surface area contributed by atoms with E-state index in [0.29, 0.717) is 5.56 Å². The van der Waals surface area contributed by atoms with Crippen LogP contribution in [0.2, 0.25) is 0 Å². The van der Waals surface area contributed by atoms with Gasteiger partial charge in [0.1, 0.15) is 22.8 Å². The summed E-state index contributed by atoms with van der Waals surface area (Å²) in [5, 5.41) is 3.20. The van der Waals surface area contributed by atoms with Gasteiger partial charge in [-0.2, -0.15) is 0 Å². The summed E-state index contributed by atoms with van der Waals surface area (Å²) in [4.78, 5) is 14.8. The molecule has 4 nitrogen and oxygen atoms in total. The van der Waals surface area contributed by atoms with Gasteiger partial charge in [-0.15, -0.1) is 11.3 Å². The third kappa shape index (κ3) is 3.00. The quantitative estimate of drug-likeness (QED) is 0.711. The van der Waals surface area contributed by atoms with Gasteiger partial charge in [0, 0.05) is 37.1 Å². The van der Waals surface area contributed by atoms with Crippen LogP contribution in [0.5, 0.6) is 0 Å². The lowest BCUT2D eigenvalue weighted by molar-refractivity contribution is 0.271. The van der Waals surface area contributed by atoms with Crippen molar-refractivity contribution in [1.82, 2.24) is 14.9 Å². The van der Waals surface area contributed by atoms with Crippen molar-refractivity contribution in [3.05, 3.63) is 41.3 Å². The SMILES string of the molecule is CCN1CCN(c2ncnc3scc(-c4ccc(F)c(C)c4)c23)CC1. The standard InChI is InChI=1S/C19H21FN4S/c1-3-23-6-8-24(9-7-23)18-17-15(11-25-19(17)22-12-21-18)14-4-5-16(20)13(2)10-14/h4-5,10-12H,3,6-9H2,1-2H3. The third-order valence-corrected chi connectivity index (χ3v) is 5.82. The van der Waals surface area contributed by atoms with Crippen LogP contribution in [0.15, 0.2) is 29.9 Å². The zero-order valence-electron chi connectivity index (χ0n) is 14.5. The van der Waals surface area contributed by atoms with Gasteiger partial charge in [0.15, 0.2) is 0 Å². The van der Waals surface area contributed by atoms with Crippen LogP contribution in [0.3, 0.4) is 0 Å². The van der Waals surface area contributed by atoms with Gasteiger partial charge in [-0.3, -0.25) is 0 Å². The second kappa shape index (κ2) is 6.69. The van der Waals surface area contributed by atoms with Crippen LogP contribution in [0.1, 0.15) is 12.5 Å². The summed E-state index contributed by atoms with van der Waals surface area (Å²) >= 11 is 1.62. The molecule has 2 aromatic heterocycles. The molecule has 0 aliphatic carbocycles. The molecule has 0 unspecified atom stereocenters. The number of hydrogen-bond donors (Lipinski definition) is 0. The molecule has 1 fully saturated rings. The zero-order chi connectivity index (χ0) is 17.4. The predicted octanol–water partition coefficient (Wildman–Crippen LogP) is 3.95. The van der Waals surface area contributed by atoms with Crippen molar-refractivity contribution in [2.24, 2.45) is 0 Å². The highest BCUT2D eigenvalue weighted by Gasteiger charge is 2.21. The molecular formula is C19H21FN4S. The summed E-state index contributed by atoms with van der Waals surface area (Å²) in [6.07, 6.45) is 1.65. The summed E-state index contributed by atoms with van der Waals surface area (Å²) in [7, 11) is 0. The number of benzene rings is 1. The molecule has 0 N–H and O–H groups in total. The van der Waals surface area contributed by atoms with Crippen molar-refractivity contribution in [3.8, 4) is 11.1 Å². The average molecular weight is 356 g/mol. The maximum absolute atomic E-state index is 13.7. The Balaban J connectivity index is 1.78. The highest BCUT2D eigenvalue weighted by Crippen LogP contribution is 2.38. The average Bonchev–Trinajstić information content (AvgIpc) is 3.08. The third-order valence-electron chi connectivity index (χ3n) is 4.94. The van der Waals surface area contributed by atoms with Gasteiger partial charge in [-0.05, 0) is 36.7 Å². The number of halogens is 1. The summed E-state index contributed by atoms with van der Waals surface area (Å²) in [5.41, 5.74) is 2.77. The lowest BCUT2D eigenvalue weighted by atomic mass is 10.0. The zero-order valence-corrected chi connectivity index (χ0v) is 15.3. The molecule has 130 valence electrons. The Morgan fingerprint density at radius 1 is 1.16 bits per heavy atom. The van der Waals surface area contributed by atoms with Crippen LogP contribution in [-0.2, 0) is 0 Å². The van der Waals surface area contributed by atoms with Crippen LogP contribution in [-0.4, -0.2) is 47.6 Å². The Morgan fingerprint density at radius 3 is 2.68 bits per heavy atom. The number of thiophene rings is 1. The number of likely N-dealkylation sites (N-methyl/N-ethyl adjacent to an activating group) is 1. The normalized spacial score (nSPS) is 15.9. The number of piperazine rings is 1. The maximum Gasteiger partial charge on any atom is 0.141 e. The minimum atomic E-state index is -0.171. The highest BCUT2D eigenvalue weighted by atomic mass is 32.1. The second-order valence-corrected chi connectivity index (χ2v) is 7.27. The second-order valence-electron chi connectivity index (χ2n) is 6.41. The molecule has 0 radical (unpaired) electrons. The van der Waals surface area contributed by atoms with E-state index in [2.05, 4.69) is 32.1 Å². The number of anilines is 1. The lowest BCUT2D eigenvalue weighted by Gasteiger charge is -2.35. The van der Waals surface area contributed by atoms with Crippen LogP contribution >= 0.6 is 11.3 Å². The molecule has 1 saturated heterocycles. The van der Waals surface area contributed by atoms with E-state index >= 15 is 0 Å². The van der Waals surface area contributed by atoms with Crippen LogP contribution in [0, 0.1) is 12.7 Å². The van der Waals surface area contributed by atoms with Crippen molar-refractivity contribution >= 4 is 27.4 Å². The van der Waals surface area contributed by atoms with Crippen molar-refractivity contribution in [2.45, 2.75) is 13.8 Å². The molecule has 1 aliphatic heterocycles. The van der Waals surface area contributed by atoms with Crippen molar-refractivity contribution in [3.63, 3.8) is 0 Å². The van der Waals surface area contributed by atoms with Crippen molar-refractivity contribution in [1.29, 1.82) is 0 Å². The first-order valence-electron chi connectivity index (χ1n) is 8.63. The van der Waals surface area contributed by atoms with Crippen LogP contribution in [0.25, 0.3) is 21.3 Å². The van der Waals surface area contributed by atoms with E-state index in [-0.39, 0.29) is 5.82 Å². The predicted molar refractivity (Wildman–Crippen MR) is 102 cm³/mol. The molecule has 3 aromatic rings. The molecular weight excluding hydrogens is 335 g/mol. The molecule has 1 aliphatic rings. The number of rotatable bonds is 3. The number of aryl methyl sites for hydroxylation is 1. The molecule has 3 heterocycles. The Bertz CT molecular complexity index is 900. The molecule has 0 spiro atoms. The molecule has 0 amide bonds. The minimum absolute atomic E-state index is 0.171. The van der Waals surface area contributed by atoms with Crippen LogP contribution < -0.4 is 4.90 Å². The van der Waals surface area contributed by atoms with Crippen LogP contribution in [0.4, 0.5) is 10.2 Å². The Morgan fingerprint density at radius 2 is 1.96 bits per heavy atom. The van der Waals surface area contributed by atoms with Gasteiger partial charge in [0.25, 0.3) is 0 Å². The topological polar surface area (TPSA) is 32.3 Å². The fraction of sp³-hybridized carbons (Fsp3) is 0.368. The Hall–Kier alpha value is -2.05. The smallest absolute Gasteiger partial charge is 0.141 e. The molecule has 0 atom stereocenters. The first-order valence-corrected chi connectivity index (χ1v) is 9.51. The summed E-state index contributed by atoms with van der Waals surface area (Å²) < 4.78 is 13.7. The maximum atomic E-state index is 13.7. The van der Waals surface area contributed by atoms with E-state index in [4.69, 9.17) is 0 Å². The first kappa shape index (κ1) is 16.4. The van der Waals surface area contributed by atoms with E-state index in [1.54, 1.807) is 24.6 Å². The summed E-state index contributed by atoms with van der Waals surface area (Å²) in [6, 6.07) is 5.29. The van der Waals surface area contributed by atoms with E-state index in [1.807, 2.05) is 12.1 Å². The molecule has 1 aromatic carbocycles. The van der Waals surface area contributed by atoms with Crippen molar-refractivity contribution < 1.29 is 4.39 Å². The molecule has 0 bridgehead atoms. The van der Waals surface area contributed by atoms with Gasteiger partial charge >= 0.3 is 0 Å². The molecule has 6 heteroatoms. The van der Waals surface area contributed by atoms with E-state index in [0.717, 1.165) is 59.9 Å². The molecule has 0 saturated carbocycles. The molecule has 25 heavy (non-hydrogen) atoms. The molecule has 4 rings (SSSR count). The highest BCUT2D eigenvalue weighted by molar-refractivity contribution is 7.17.